The van der Waals surface area contributed by atoms with E-state index >= 15 is 0 Å². The number of hydrogen-bond acceptors (Lipinski definition) is 4. The van der Waals surface area contributed by atoms with Crippen molar-refractivity contribution in [1.82, 2.24) is 25.1 Å². The van der Waals surface area contributed by atoms with Crippen molar-refractivity contribution in [2.75, 3.05) is 13.1 Å². The highest BCUT2D eigenvalue weighted by Crippen LogP contribution is 2.38. The van der Waals surface area contributed by atoms with Gasteiger partial charge in [-0.15, -0.1) is 0 Å². The Hall–Kier alpha value is -2.24. The fourth-order valence-electron chi connectivity index (χ4n) is 3.03. The summed E-state index contributed by atoms with van der Waals surface area (Å²) in [4.78, 5) is 23.2. The van der Waals surface area contributed by atoms with Crippen LogP contribution in [0.3, 0.4) is 0 Å². The van der Waals surface area contributed by atoms with Crippen LogP contribution in [0, 0.1) is 0 Å². The second-order valence-corrected chi connectivity index (χ2v) is 6.16. The first-order valence-electron chi connectivity index (χ1n) is 7.94. The monoisotopic (exact) mass is 297 g/mol. The lowest BCUT2D eigenvalue weighted by Crippen LogP contribution is -2.39. The van der Waals surface area contributed by atoms with Crippen molar-refractivity contribution < 1.29 is 4.79 Å². The molecule has 22 heavy (non-hydrogen) atoms. The average molecular weight is 297 g/mol. The SMILES string of the molecule is O=C(c1ccccn1)N1CCC[C@H](c2n[nH]c(C3CC3)n2)C1. The Morgan fingerprint density at radius 1 is 1.23 bits per heavy atom. The van der Waals surface area contributed by atoms with Crippen LogP contribution in [0.2, 0.25) is 0 Å². The summed E-state index contributed by atoms with van der Waals surface area (Å²) in [5.74, 6) is 2.69. The molecule has 6 heteroatoms. The van der Waals surface area contributed by atoms with Gasteiger partial charge in [-0.05, 0) is 37.8 Å². The molecule has 6 nitrogen and oxygen atoms in total. The highest BCUT2D eigenvalue weighted by atomic mass is 16.2. The van der Waals surface area contributed by atoms with Crippen molar-refractivity contribution in [2.45, 2.75) is 37.5 Å². The van der Waals surface area contributed by atoms with Gasteiger partial charge in [0, 0.05) is 31.1 Å². The minimum absolute atomic E-state index is 0.00301. The molecular formula is C16H19N5O. The summed E-state index contributed by atoms with van der Waals surface area (Å²) in [6, 6.07) is 5.44. The van der Waals surface area contributed by atoms with E-state index in [1.807, 2.05) is 17.0 Å². The molecule has 1 aliphatic carbocycles. The largest absolute Gasteiger partial charge is 0.337 e. The molecular weight excluding hydrogens is 278 g/mol. The van der Waals surface area contributed by atoms with Gasteiger partial charge in [-0.2, -0.15) is 5.10 Å². The van der Waals surface area contributed by atoms with Gasteiger partial charge in [-0.1, -0.05) is 6.07 Å². The summed E-state index contributed by atoms with van der Waals surface area (Å²) in [5.41, 5.74) is 0.511. The molecule has 1 saturated carbocycles. The van der Waals surface area contributed by atoms with Crippen LogP contribution in [0.15, 0.2) is 24.4 Å². The average Bonchev–Trinajstić information content (AvgIpc) is 3.32. The van der Waals surface area contributed by atoms with E-state index in [2.05, 4.69) is 20.2 Å². The summed E-state index contributed by atoms with van der Waals surface area (Å²) >= 11 is 0. The van der Waals surface area contributed by atoms with Crippen LogP contribution in [0.5, 0.6) is 0 Å². The van der Waals surface area contributed by atoms with Crippen LogP contribution in [-0.4, -0.2) is 44.1 Å². The predicted octanol–water partition coefficient (Wildman–Crippen LogP) is 2.10. The molecule has 1 aliphatic heterocycles. The third-order valence-corrected chi connectivity index (χ3v) is 4.44. The second-order valence-electron chi connectivity index (χ2n) is 6.16. The van der Waals surface area contributed by atoms with Crippen LogP contribution in [0.4, 0.5) is 0 Å². The number of piperidine rings is 1. The number of pyridine rings is 1. The van der Waals surface area contributed by atoms with Gasteiger partial charge in [0.2, 0.25) is 0 Å². The van der Waals surface area contributed by atoms with E-state index in [-0.39, 0.29) is 11.8 Å². The normalized spacial score (nSPS) is 21.8. The Morgan fingerprint density at radius 3 is 2.91 bits per heavy atom. The van der Waals surface area contributed by atoms with Gasteiger partial charge in [-0.25, -0.2) is 4.98 Å². The molecule has 0 unspecified atom stereocenters. The van der Waals surface area contributed by atoms with E-state index in [4.69, 9.17) is 0 Å². The van der Waals surface area contributed by atoms with E-state index in [9.17, 15) is 4.79 Å². The molecule has 3 heterocycles. The molecule has 4 rings (SSSR count). The highest BCUT2D eigenvalue weighted by Gasteiger charge is 2.31. The molecule has 2 aliphatic rings. The number of nitrogens with zero attached hydrogens (tertiary/aromatic N) is 4. The molecule has 2 aromatic rings. The van der Waals surface area contributed by atoms with E-state index in [1.54, 1.807) is 12.3 Å². The number of likely N-dealkylation sites (tertiary alicyclic amines) is 1. The van der Waals surface area contributed by atoms with Gasteiger partial charge < -0.3 is 4.90 Å². The molecule has 0 aromatic carbocycles. The maximum atomic E-state index is 12.5. The minimum atomic E-state index is 0.00301. The Balaban J connectivity index is 1.48. The summed E-state index contributed by atoms with van der Waals surface area (Å²) in [5, 5.41) is 7.44. The third-order valence-electron chi connectivity index (χ3n) is 4.44. The predicted molar refractivity (Wildman–Crippen MR) is 80.5 cm³/mol. The number of carbonyl (C=O) groups excluding carboxylic acids is 1. The summed E-state index contributed by atoms with van der Waals surface area (Å²) in [6.45, 7) is 1.46. The van der Waals surface area contributed by atoms with E-state index in [1.165, 1.54) is 12.8 Å². The number of carbonyl (C=O) groups is 1. The number of aromatic nitrogens is 4. The Bertz CT molecular complexity index is 664. The maximum Gasteiger partial charge on any atom is 0.272 e. The maximum absolute atomic E-state index is 12.5. The zero-order chi connectivity index (χ0) is 14.9. The van der Waals surface area contributed by atoms with Crippen molar-refractivity contribution >= 4 is 5.91 Å². The van der Waals surface area contributed by atoms with Gasteiger partial charge >= 0.3 is 0 Å². The molecule has 114 valence electrons. The van der Waals surface area contributed by atoms with Gasteiger partial charge in [0.15, 0.2) is 5.82 Å². The molecule has 1 N–H and O–H groups in total. The Labute approximate surface area is 129 Å². The highest BCUT2D eigenvalue weighted by molar-refractivity contribution is 5.92. The lowest BCUT2D eigenvalue weighted by atomic mass is 9.97. The summed E-state index contributed by atoms with van der Waals surface area (Å²) in [6.07, 6.45) is 6.10. The quantitative estimate of drug-likeness (QED) is 0.941. The molecule has 0 bridgehead atoms. The first kappa shape index (κ1) is 13.4. The van der Waals surface area contributed by atoms with Crippen LogP contribution < -0.4 is 0 Å². The van der Waals surface area contributed by atoms with E-state index in [0.29, 0.717) is 18.2 Å². The molecule has 0 spiro atoms. The number of aromatic amines is 1. The van der Waals surface area contributed by atoms with Gasteiger partial charge in [-0.3, -0.25) is 14.9 Å². The number of H-pyrrole nitrogens is 1. The topological polar surface area (TPSA) is 74.8 Å². The lowest BCUT2D eigenvalue weighted by molar-refractivity contribution is 0.0698. The van der Waals surface area contributed by atoms with Crippen molar-refractivity contribution in [1.29, 1.82) is 0 Å². The lowest BCUT2D eigenvalue weighted by Gasteiger charge is -2.31. The Morgan fingerprint density at radius 2 is 2.14 bits per heavy atom. The third kappa shape index (κ3) is 2.61. The summed E-state index contributed by atoms with van der Waals surface area (Å²) in [7, 11) is 0. The fourth-order valence-corrected chi connectivity index (χ4v) is 3.03. The number of hydrogen-bond donors (Lipinski definition) is 1. The van der Waals surface area contributed by atoms with Crippen LogP contribution in [0.1, 0.15) is 59.7 Å². The number of amides is 1. The van der Waals surface area contributed by atoms with Crippen LogP contribution in [-0.2, 0) is 0 Å². The molecule has 0 radical (unpaired) electrons. The minimum Gasteiger partial charge on any atom is -0.337 e. The molecule has 1 saturated heterocycles. The molecule has 1 amide bonds. The summed E-state index contributed by atoms with van der Waals surface area (Å²) < 4.78 is 0. The number of rotatable bonds is 3. The zero-order valence-corrected chi connectivity index (χ0v) is 12.4. The first-order valence-corrected chi connectivity index (χ1v) is 7.94. The van der Waals surface area contributed by atoms with E-state index in [0.717, 1.165) is 31.0 Å². The zero-order valence-electron chi connectivity index (χ0n) is 12.4. The second kappa shape index (κ2) is 5.51. The van der Waals surface area contributed by atoms with Crippen molar-refractivity contribution in [3.8, 4) is 0 Å². The fraction of sp³-hybridized carbons (Fsp3) is 0.500. The van der Waals surface area contributed by atoms with Crippen LogP contribution >= 0.6 is 0 Å². The van der Waals surface area contributed by atoms with Crippen molar-refractivity contribution in [2.24, 2.45) is 0 Å². The van der Waals surface area contributed by atoms with Gasteiger partial charge in [0.1, 0.15) is 11.5 Å². The smallest absolute Gasteiger partial charge is 0.272 e. The van der Waals surface area contributed by atoms with Crippen LogP contribution in [0.25, 0.3) is 0 Å². The standard InChI is InChI=1S/C16H19N5O/c22-16(13-5-1-2-8-17-13)21-9-3-4-12(10-21)15-18-14(19-20-15)11-6-7-11/h1-2,5,8,11-12H,3-4,6-7,9-10H2,(H,18,19,20)/t12-/m0/s1. The Kier molecular flexibility index (Phi) is 3.36. The first-order chi connectivity index (χ1) is 10.8. The van der Waals surface area contributed by atoms with E-state index < -0.39 is 0 Å². The van der Waals surface area contributed by atoms with Gasteiger partial charge in [0.05, 0.1) is 0 Å². The van der Waals surface area contributed by atoms with Crippen molar-refractivity contribution in [3.63, 3.8) is 0 Å². The molecule has 2 aromatic heterocycles. The molecule has 1 atom stereocenters. The molecule has 2 fully saturated rings. The van der Waals surface area contributed by atoms with Gasteiger partial charge in [0.25, 0.3) is 5.91 Å². The van der Waals surface area contributed by atoms with Crippen molar-refractivity contribution in [3.05, 3.63) is 41.7 Å². The number of nitrogens with one attached hydrogen (secondary N) is 1.